The minimum atomic E-state index is 0.612. The van der Waals surface area contributed by atoms with Gasteiger partial charge in [0.05, 0.1) is 0 Å². The minimum absolute atomic E-state index is 0.612. The van der Waals surface area contributed by atoms with E-state index in [9.17, 15) is 0 Å². The largest absolute Gasteiger partial charge is 0.326 e. The Bertz CT molecular complexity index is 405. The summed E-state index contributed by atoms with van der Waals surface area (Å²) in [7, 11) is 3.75. The molecule has 0 radical (unpaired) electrons. The number of nitrogens with one attached hydrogen (secondary N) is 1. The third-order valence-corrected chi connectivity index (χ3v) is 2.10. The lowest BCUT2D eigenvalue weighted by molar-refractivity contribution is 1.02. The van der Waals surface area contributed by atoms with Crippen molar-refractivity contribution in [1.29, 1.82) is 0 Å². The van der Waals surface area contributed by atoms with Gasteiger partial charge in [0.25, 0.3) is 0 Å². The third-order valence-electron chi connectivity index (χ3n) is 2.10. The van der Waals surface area contributed by atoms with Crippen LogP contribution in [0.2, 0.25) is 0 Å². The average molecular weight is 202 g/mol. The van der Waals surface area contributed by atoms with E-state index < -0.39 is 0 Å². The molecule has 80 valence electrons. The van der Waals surface area contributed by atoms with E-state index in [0.29, 0.717) is 6.54 Å². The lowest BCUT2D eigenvalue weighted by Gasteiger charge is -2.02. The Balaban J connectivity index is 0.000000337. The van der Waals surface area contributed by atoms with Crippen molar-refractivity contribution in [2.45, 2.75) is 6.54 Å². The summed E-state index contributed by atoms with van der Waals surface area (Å²) in [6.07, 6.45) is 0. The second kappa shape index (κ2) is 6.17. The molecule has 0 aliphatic rings. The molecule has 2 aromatic rings. The average Bonchev–Trinajstić information content (AvgIpc) is 2.29. The molecule has 2 nitrogen and oxygen atoms in total. The predicted octanol–water partition coefficient (Wildman–Crippen LogP) is 2.13. The molecule has 0 saturated heterocycles. The normalized spacial score (nSPS) is 9.53. The topological polar surface area (TPSA) is 38.0 Å². The van der Waals surface area contributed by atoms with Crippen molar-refractivity contribution >= 4 is 10.8 Å². The van der Waals surface area contributed by atoms with E-state index in [0.717, 1.165) is 0 Å². The van der Waals surface area contributed by atoms with Crippen LogP contribution in [-0.2, 0) is 6.54 Å². The SMILES string of the molecule is CNC.NCc1cccc2ccccc12. The lowest BCUT2D eigenvalue weighted by atomic mass is 10.1. The predicted molar refractivity (Wildman–Crippen MR) is 66.8 cm³/mol. The fourth-order valence-corrected chi connectivity index (χ4v) is 1.47. The Morgan fingerprint density at radius 1 is 1.00 bits per heavy atom. The maximum absolute atomic E-state index is 5.62. The van der Waals surface area contributed by atoms with Crippen molar-refractivity contribution in [2.24, 2.45) is 5.73 Å². The number of hydrogen-bond acceptors (Lipinski definition) is 2. The van der Waals surface area contributed by atoms with Crippen molar-refractivity contribution in [3.8, 4) is 0 Å². The molecule has 0 aliphatic heterocycles. The summed E-state index contributed by atoms with van der Waals surface area (Å²) in [5.74, 6) is 0. The Hall–Kier alpha value is -1.38. The molecule has 0 saturated carbocycles. The first-order valence-electron chi connectivity index (χ1n) is 5.08. The van der Waals surface area contributed by atoms with Crippen LogP contribution in [0.5, 0.6) is 0 Å². The van der Waals surface area contributed by atoms with Crippen LogP contribution in [0.1, 0.15) is 5.56 Å². The molecule has 2 rings (SSSR count). The van der Waals surface area contributed by atoms with Crippen LogP contribution in [-0.4, -0.2) is 14.1 Å². The van der Waals surface area contributed by atoms with Gasteiger partial charge in [0.15, 0.2) is 0 Å². The monoisotopic (exact) mass is 202 g/mol. The number of benzene rings is 2. The van der Waals surface area contributed by atoms with E-state index in [1.165, 1.54) is 16.3 Å². The van der Waals surface area contributed by atoms with Gasteiger partial charge in [-0.2, -0.15) is 0 Å². The highest BCUT2D eigenvalue weighted by molar-refractivity contribution is 5.85. The molecule has 2 aromatic carbocycles. The molecule has 0 amide bonds. The summed E-state index contributed by atoms with van der Waals surface area (Å²) < 4.78 is 0. The fraction of sp³-hybridized carbons (Fsp3) is 0.231. The van der Waals surface area contributed by atoms with Gasteiger partial charge in [0.1, 0.15) is 0 Å². The molecule has 0 aliphatic carbocycles. The molecule has 0 bridgehead atoms. The van der Waals surface area contributed by atoms with Crippen LogP contribution in [0, 0.1) is 0 Å². The van der Waals surface area contributed by atoms with E-state index in [1.807, 2.05) is 32.3 Å². The van der Waals surface area contributed by atoms with Gasteiger partial charge in [-0.25, -0.2) is 0 Å². The summed E-state index contributed by atoms with van der Waals surface area (Å²) in [5, 5.41) is 5.28. The molecular weight excluding hydrogens is 184 g/mol. The third kappa shape index (κ3) is 3.05. The molecule has 0 spiro atoms. The Morgan fingerprint density at radius 3 is 2.27 bits per heavy atom. The number of fused-ring (bicyclic) bond motifs is 1. The fourth-order valence-electron chi connectivity index (χ4n) is 1.47. The molecule has 0 fully saturated rings. The highest BCUT2D eigenvalue weighted by atomic mass is 14.7. The maximum Gasteiger partial charge on any atom is 0.0184 e. The maximum atomic E-state index is 5.62. The first kappa shape index (κ1) is 11.7. The second-order valence-electron chi connectivity index (χ2n) is 3.34. The zero-order chi connectivity index (χ0) is 11.1. The minimum Gasteiger partial charge on any atom is -0.326 e. The molecule has 2 heteroatoms. The zero-order valence-corrected chi connectivity index (χ0v) is 9.33. The summed E-state index contributed by atoms with van der Waals surface area (Å²) in [5.41, 5.74) is 6.83. The molecule has 3 N–H and O–H groups in total. The molecule has 0 heterocycles. The van der Waals surface area contributed by atoms with Crippen molar-refractivity contribution in [1.82, 2.24) is 5.32 Å². The van der Waals surface area contributed by atoms with E-state index in [2.05, 4.69) is 29.6 Å². The summed E-state index contributed by atoms with van der Waals surface area (Å²) >= 11 is 0. The highest BCUT2D eigenvalue weighted by Crippen LogP contribution is 2.17. The van der Waals surface area contributed by atoms with E-state index in [4.69, 9.17) is 5.73 Å². The van der Waals surface area contributed by atoms with Crippen LogP contribution < -0.4 is 11.1 Å². The first-order chi connectivity index (χ1) is 7.33. The quantitative estimate of drug-likeness (QED) is 0.743. The molecular formula is C13H18N2. The smallest absolute Gasteiger partial charge is 0.0184 e. The molecule has 0 unspecified atom stereocenters. The van der Waals surface area contributed by atoms with Crippen molar-refractivity contribution < 1.29 is 0 Å². The van der Waals surface area contributed by atoms with Gasteiger partial charge in [-0.05, 0) is 30.4 Å². The van der Waals surface area contributed by atoms with Gasteiger partial charge in [0, 0.05) is 6.54 Å². The van der Waals surface area contributed by atoms with Crippen molar-refractivity contribution in [3.63, 3.8) is 0 Å². The van der Waals surface area contributed by atoms with Gasteiger partial charge in [0.2, 0.25) is 0 Å². The zero-order valence-electron chi connectivity index (χ0n) is 9.33. The van der Waals surface area contributed by atoms with Gasteiger partial charge < -0.3 is 11.1 Å². The molecule has 0 atom stereocenters. The Kier molecular flexibility index (Phi) is 4.81. The molecule has 0 aromatic heterocycles. The van der Waals surface area contributed by atoms with E-state index in [1.54, 1.807) is 0 Å². The summed E-state index contributed by atoms with van der Waals surface area (Å²) in [6, 6.07) is 14.5. The number of nitrogens with two attached hydrogens (primary N) is 1. The van der Waals surface area contributed by atoms with Gasteiger partial charge in [-0.3, -0.25) is 0 Å². The van der Waals surface area contributed by atoms with Crippen molar-refractivity contribution in [2.75, 3.05) is 14.1 Å². The second-order valence-corrected chi connectivity index (χ2v) is 3.34. The van der Waals surface area contributed by atoms with Crippen LogP contribution in [0.15, 0.2) is 42.5 Å². The van der Waals surface area contributed by atoms with E-state index in [-0.39, 0.29) is 0 Å². The van der Waals surface area contributed by atoms with Crippen LogP contribution in [0.25, 0.3) is 10.8 Å². The van der Waals surface area contributed by atoms with Gasteiger partial charge >= 0.3 is 0 Å². The number of rotatable bonds is 1. The van der Waals surface area contributed by atoms with E-state index >= 15 is 0 Å². The summed E-state index contributed by atoms with van der Waals surface area (Å²) in [4.78, 5) is 0. The number of hydrogen-bond donors (Lipinski definition) is 2. The molecule has 15 heavy (non-hydrogen) atoms. The van der Waals surface area contributed by atoms with Crippen LogP contribution in [0.4, 0.5) is 0 Å². The first-order valence-corrected chi connectivity index (χ1v) is 5.08. The van der Waals surface area contributed by atoms with Gasteiger partial charge in [-0.15, -0.1) is 0 Å². The van der Waals surface area contributed by atoms with Crippen molar-refractivity contribution in [3.05, 3.63) is 48.0 Å². The Labute approximate surface area is 91.1 Å². The Morgan fingerprint density at radius 2 is 1.60 bits per heavy atom. The highest BCUT2D eigenvalue weighted by Gasteiger charge is 1.95. The standard InChI is InChI=1S/C11H11N.C2H7N/c12-8-10-6-3-5-9-4-1-2-7-11(9)10;1-3-2/h1-7H,8,12H2;3H,1-2H3. The lowest BCUT2D eigenvalue weighted by Crippen LogP contribution is -1.96. The summed E-state index contributed by atoms with van der Waals surface area (Å²) in [6.45, 7) is 0.612. The van der Waals surface area contributed by atoms with Crippen LogP contribution in [0.3, 0.4) is 0 Å². The van der Waals surface area contributed by atoms with Gasteiger partial charge in [-0.1, -0.05) is 42.5 Å². The van der Waals surface area contributed by atoms with Crippen LogP contribution >= 0.6 is 0 Å².